The molecular weight excluding hydrogens is 264 g/mol. The number of morpholine rings is 1. The molecule has 2 N–H and O–H groups in total. The van der Waals surface area contributed by atoms with E-state index in [1.807, 2.05) is 12.1 Å². The molecule has 2 aromatic rings. The van der Waals surface area contributed by atoms with Gasteiger partial charge in [0.25, 0.3) is 0 Å². The van der Waals surface area contributed by atoms with Gasteiger partial charge in [-0.15, -0.1) is 0 Å². The number of fused-ring (bicyclic) bond motifs is 1. The number of hydrogen-bond donors (Lipinski definition) is 1. The Morgan fingerprint density at radius 3 is 2.84 bits per heavy atom. The number of nitrogens with zero attached hydrogens (tertiary/aromatic N) is 3. The minimum atomic E-state index is 0.505. The van der Waals surface area contributed by atoms with Crippen molar-refractivity contribution in [2.45, 2.75) is 6.54 Å². The van der Waals surface area contributed by atoms with Gasteiger partial charge in [0.05, 0.1) is 25.3 Å². The molecule has 3 rings (SSSR count). The lowest BCUT2D eigenvalue weighted by Crippen LogP contribution is -2.36. The van der Waals surface area contributed by atoms with Crippen LogP contribution in [0.2, 0.25) is 5.02 Å². The highest BCUT2D eigenvalue weighted by molar-refractivity contribution is 6.31. The van der Waals surface area contributed by atoms with Crippen molar-refractivity contribution >= 4 is 28.3 Å². The fraction of sp³-hybridized carbons (Fsp3) is 0.385. The van der Waals surface area contributed by atoms with Gasteiger partial charge in [-0.3, -0.25) is 4.90 Å². The summed E-state index contributed by atoms with van der Waals surface area (Å²) in [7, 11) is 0. The number of aromatic nitrogens is 2. The van der Waals surface area contributed by atoms with E-state index in [1.54, 1.807) is 6.07 Å². The molecule has 0 aliphatic carbocycles. The van der Waals surface area contributed by atoms with Crippen molar-refractivity contribution in [2.24, 2.45) is 0 Å². The molecule has 0 spiro atoms. The van der Waals surface area contributed by atoms with Gasteiger partial charge >= 0.3 is 0 Å². The number of anilines is 1. The molecule has 19 heavy (non-hydrogen) atoms. The maximum absolute atomic E-state index is 5.99. The van der Waals surface area contributed by atoms with Crippen molar-refractivity contribution in [3.05, 3.63) is 29.0 Å². The Balaban J connectivity index is 1.91. The molecule has 100 valence electrons. The van der Waals surface area contributed by atoms with E-state index in [2.05, 4.69) is 14.9 Å². The van der Waals surface area contributed by atoms with Crippen LogP contribution in [0.4, 0.5) is 5.82 Å². The Hall–Kier alpha value is -1.43. The first-order valence-corrected chi connectivity index (χ1v) is 6.62. The number of ether oxygens (including phenoxy) is 1. The fourth-order valence-electron chi connectivity index (χ4n) is 2.21. The summed E-state index contributed by atoms with van der Waals surface area (Å²) in [6.07, 6.45) is 0. The first-order chi connectivity index (χ1) is 9.22. The molecule has 1 aliphatic heterocycles. The third kappa shape index (κ3) is 2.78. The predicted molar refractivity (Wildman–Crippen MR) is 75.1 cm³/mol. The van der Waals surface area contributed by atoms with Crippen molar-refractivity contribution in [2.75, 3.05) is 32.0 Å². The van der Waals surface area contributed by atoms with E-state index in [1.165, 1.54) is 0 Å². The first kappa shape index (κ1) is 12.6. The van der Waals surface area contributed by atoms with Gasteiger partial charge in [0.1, 0.15) is 11.6 Å². The molecule has 0 unspecified atom stereocenters. The average Bonchev–Trinajstić information content (AvgIpc) is 2.39. The van der Waals surface area contributed by atoms with Gasteiger partial charge in [0, 0.05) is 23.5 Å². The minimum absolute atomic E-state index is 0.505. The van der Waals surface area contributed by atoms with Gasteiger partial charge in [-0.05, 0) is 18.2 Å². The number of hydrogen-bond acceptors (Lipinski definition) is 5. The van der Waals surface area contributed by atoms with Crippen molar-refractivity contribution in [1.29, 1.82) is 0 Å². The van der Waals surface area contributed by atoms with Crippen molar-refractivity contribution < 1.29 is 4.74 Å². The molecule has 1 saturated heterocycles. The summed E-state index contributed by atoms with van der Waals surface area (Å²) in [6.45, 7) is 4.01. The van der Waals surface area contributed by atoms with E-state index in [9.17, 15) is 0 Å². The molecular formula is C13H15ClN4O. The second-order valence-corrected chi connectivity index (χ2v) is 5.01. The lowest BCUT2D eigenvalue weighted by molar-refractivity contribution is 0.0331. The van der Waals surface area contributed by atoms with E-state index in [-0.39, 0.29) is 0 Å². The van der Waals surface area contributed by atoms with Crippen LogP contribution in [0.5, 0.6) is 0 Å². The number of halogens is 1. The van der Waals surface area contributed by atoms with Gasteiger partial charge in [-0.25, -0.2) is 9.97 Å². The van der Waals surface area contributed by atoms with Gasteiger partial charge in [0.15, 0.2) is 0 Å². The molecule has 0 saturated carbocycles. The summed E-state index contributed by atoms with van der Waals surface area (Å²) < 4.78 is 5.32. The van der Waals surface area contributed by atoms with Gasteiger partial charge < -0.3 is 10.5 Å². The molecule has 0 amide bonds. The minimum Gasteiger partial charge on any atom is -0.383 e. The topological polar surface area (TPSA) is 64.3 Å². The molecule has 1 aromatic heterocycles. The summed E-state index contributed by atoms with van der Waals surface area (Å²) in [5.74, 6) is 1.24. The van der Waals surface area contributed by atoms with Crippen LogP contribution in [-0.2, 0) is 11.3 Å². The summed E-state index contributed by atoms with van der Waals surface area (Å²) in [6, 6.07) is 5.47. The maximum atomic E-state index is 5.99. The quantitative estimate of drug-likeness (QED) is 0.906. The van der Waals surface area contributed by atoms with Crippen LogP contribution < -0.4 is 5.73 Å². The number of benzene rings is 1. The van der Waals surface area contributed by atoms with Crippen molar-refractivity contribution in [3.63, 3.8) is 0 Å². The van der Waals surface area contributed by atoms with Crippen LogP contribution in [0.15, 0.2) is 18.2 Å². The standard InChI is InChI=1S/C13H15ClN4O/c14-9-1-2-10-11(7-9)16-12(17-13(10)15)8-18-3-5-19-6-4-18/h1-2,7H,3-6,8H2,(H2,15,16,17). The Kier molecular flexibility index (Phi) is 3.50. The van der Waals surface area contributed by atoms with E-state index >= 15 is 0 Å². The SMILES string of the molecule is Nc1nc(CN2CCOCC2)nc2cc(Cl)ccc12. The second kappa shape index (κ2) is 5.28. The Bertz CT molecular complexity index is 598. The molecule has 1 aliphatic rings. The van der Waals surface area contributed by atoms with E-state index < -0.39 is 0 Å². The zero-order chi connectivity index (χ0) is 13.2. The molecule has 1 aromatic carbocycles. The molecule has 1 fully saturated rings. The Morgan fingerprint density at radius 2 is 2.05 bits per heavy atom. The molecule has 0 atom stereocenters. The maximum Gasteiger partial charge on any atom is 0.145 e. The zero-order valence-corrected chi connectivity index (χ0v) is 11.2. The third-order valence-corrected chi connectivity index (χ3v) is 3.44. The predicted octanol–water partition coefficient (Wildman–Crippen LogP) is 1.70. The van der Waals surface area contributed by atoms with Crippen LogP contribution >= 0.6 is 11.6 Å². The van der Waals surface area contributed by atoms with Crippen LogP contribution in [0, 0.1) is 0 Å². The van der Waals surface area contributed by atoms with Crippen LogP contribution in [0.1, 0.15) is 5.82 Å². The summed E-state index contributed by atoms with van der Waals surface area (Å²) >= 11 is 5.99. The van der Waals surface area contributed by atoms with Gasteiger partial charge in [-0.1, -0.05) is 11.6 Å². The largest absolute Gasteiger partial charge is 0.383 e. The molecule has 5 nitrogen and oxygen atoms in total. The van der Waals surface area contributed by atoms with Crippen molar-refractivity contribution in [1.82, 2.24) is 14.9 Å². The summed E-state index contributed by atoms with van der Waals surface area (Å²) in [5, 5.41) is 1.50. The second-order valence-electron chi connectivity index (χ2n) is 4.58. The monoisotopic (exact) mass is 278 g/mol. The van der Waals surface area contributed by atoms with Gasteiger partial charge in [0.2, 0.25) is 0 Å². The summed E-state index contributed by atoms with van der Waals surface area (Å²) in [4.78, 5) is 11.2. The lowest BCUT2D eigenvalue weighted by atomic mass is 10.2. The molecule has 6 heteroatoms. The zero-order valence-electron chi connectivity index (χ0n) is 10.5. The van der Waals surface area contributed by atoms with Crippen LogP contribution in [-0.4, -0.2) is 41.2 Å². The summed E-state index contributed by atoms with van der Waals surface area (Å²) in [5.41, 5.74) is 6.77. The van der Waals surface area contributed by atoms with Crippen LogP contribution in [0.3, 0.4) is 0 Å². The number of nitrogens with two attached hydrogens (primary N) is 1. The lowest BCUT2D eigenvalue weighted by Gasteiger charge is -2.25. The number of nitrogen functional groups attached to an aromatic ring is 1. The highest BCUT2D eigenvalue weighted by atomic mass is 35.5. The highest BCUT2D eigenvalue weighted by Crippen LogP contribution is 2.22. The molecule has 0 radical (unpaired) electrons. The fourth-order valence-corrected chi connectivity index (χ4v) is 2.37. The third-order valence-electron chi connectivity index (χ3n) is 3.20. The first-order valence-electron chi connectivity index (χ1n) is 6.24. The van der Waals surface area contributed by atoms with Gasteiger partial charge in [-0.2, -0.15) is 0 Å². The molecule has 2 heterocycles. The van der Waals surface area contributed by atoms with E-state index in [0.717, 1.165) is 43.0 Å². The van der Waals surface area contributed by atoms with Crippen LogP contribution in [0.25, 0.3) is 10.9 Å². The highest BCUT2D eigenvalue weighted by Gasteiger charge is 2.13. The Morgan fingerprint density at radius 1 is 1.26 bits per heavy atom. The van der Waals surface area contributed by atoms with E-state index in [0.29, 0.717) is 17.4 Å². The Labute approximate surface area is 116 Å². The normalized spacial score (nSPS) is 16.9. The van der Waals surface area contributed by atoms with E-state index in [4.69, 9.17) is 22.1 Å². The molecule has 0 bridgehead atoms. The van der Waals surface area contributed by atoms with Crippen molar-refractivity contribution in [3.8, 4) is 0 Å². The smallest absolute Gasteiger partial charge is 0.145 e. The average molecular weight is 279 g/mol. The number of rotatable bonds is 2.